The van der Waals surface area contributed by atoms with Gasteiger partial charge in [-0.2, -0.15) is 0 Å². The Hall–Kier alpha value is -1.44. The van der Waals surface area contributed by atoms with Crippen LogP contribution >= 0.6 is 0 Å². The topological polar surface area (TPSA) is 46.2 Å². The van der Waals surface area contributed by atoms with Crippen LogP contribution in [0, 0.1) is 0 Å². The van der Waals surface area contributed by atoms with Crippen LogP contribution in [-0.4, -0.2) is 5.11 Å². The van der Waals surface area contributed by atoms with Crippen molar-refractivity contribution in [2.24, 2.45) is 0 Å². The standard InChI is InChI=1S/C14H21NO.2C2H6/c1-2-3-4-5-6-7-9-12-10-8-11-13(15)14(12)16;2*1-2/h6-8,10-11,16H,2-5,9,15H2,1H3;2*1-2H3/b7-6+;;. The highest BCUT2D eigenvalue weighted by atomic mass is 16.3. The SMILES string of the molecule is CC.CC.CCCCC/C=C/Cc1cccc(N)c1O. The first-order chi connectivity index (χ1) is 9.75. The summed E-state index contributed by atoms with van der Waals surface area (Å²) in [6.45, 7) is 10.2. The number of phenolic OH excluding ortho intramolecular Hbond substituents is 1. The number of aromatic hydroxyl groups is 1. The summed E-state index contributed by atoms with van der Waals surface area (Å²) >= 11 is 0. The van der Waals surface area contributed by atoms with Gasteiger partial charge in [0.05, 0.1) is 5.69 Å². The minimum absolute atomic E-state index is 0.223. The van der Waals surface area contributed by atoms with Crippen molar-refractivity contribution < 1.29 is 5.11 Å². The van der Waals surface area contributed by atoms with Crippen molar-refractivity contribution in [3.05, 3.63) is 35.9 Å². The molecule has 0 aliphatic carbocycles. The Labute approximate surface area is 125 Å². The molecule has 2 heteroatoms. The fraction of sp³-hybridized carbons (Fsp3) is 0.556. The van der Waals surface area contributed by atoms with Gasteiger partial charge < -0.3 is 10.8 Å². The van der Waals surface area contributed by atoms with E-state index in [0.29, 0.717) is 5.69 Å². The third-order valence-electron chi connectivity index (χ3n) is 2.63. The van der Waals surface area contributed by atoms with E-state index in [1.807, 2.05) is 39.8 Å². The highest BCUT2D eigenvalue weighted by Crippen LogP contribution is 2.24. The molecule has 0 aliphatic rings. The first-order valence-electron chi connectivity index (χ1n) is 7.97. The van der Waals surface area contributed by atoms with Crippen molar-refractivity contribution in [1.82, 2.24) is 0 Å². The highest BCUT2D eigenvalue weighted by Gasteiger charge is 2.01. The van der Waals surface area contributed by atoms with Crippen molar-refractivity contribution in [3.63, 3.8) is 0 Å². The smallest absolute Gasteiger partial charge is 0.141 e. The quantitative estimate of drug-likeness (QED) is 0.303. The molecular formula is C18H33NO. The second kappa shape index (κ2) is 15.6. The largest absolute Gasteiger partial charge is 0.505 e. The number of para-hydroxylation sites is 1. The van der Waals surface area contributed by atoms with Crippen LogP contribution in [0.1, 0.15) is 65.9 Å². The van der Waals surface area contributed by atoms with Crippen LogP contribution in [0.5, 0.6) is 5.75 Å². The molecule has 0 aromatic heterocycles. The summed E-state index contributed by atoms with van der Waals surface area (Å²) in [5.41, 5.74) is 6.97. The average Bonchev–Trinajstić information content (AvgIpc) is 2.51. The summed E-state index contributed by atoms with van der Waals surface area (Å²) < 4.78 is 0. The Morgan fingerprint density at radius 2 is 1.70 bits per heavy atom. The van der Waals surface area contributed by atoms with Gasteiger partial charge in [-0.1, -0.05) is 71.7 Å². The zero-order valence-corrected chi connectivity index (χ0v) is 13.9. The van der Waals surface area contributed by atoms with E-state index >= 15 is 0 Å². The fourth-order valence-corrected chi connectivity index (χ4v) is 1.62. The summed E-state index contributed by atoms with van der Waals surface area (Å²) in [6, 6.07) is 5.49. The Morgan fingerprint density at radius 1 is 1.05 bits per heavy atom. The van der Waals surface area contributed by atoms with E-state index in [1.165, 1.54) is 19.3 Å². The van der Waals surface area contributed by atoms with E-state index in [2.05, 4.69) is 19.1 Å². The van der Waals surface area contributed by atoms with Crippen LogP contribution in [0.25, 0.3) is 0 Å². The molecule has 0 saturated heterocycles. The highest BCUT2D eigenvalue weighted by molar-refractivity contribution is 5.56. The number of unbranched alkanes of at least 4 members (excludes halogenated alkanes) is 3. The van der Waals surface area contributed by atoms with Gasteiger partial charge in [0.1, 0.15) is 5.75 Å². The number of nitrogens with two attached hydrogens (primary N) is 1. The summed E-state index contributed by atoms with van der Waals surface area (Å²) in [5, 5.41) is 9.68. The molecule has 3 N–H and O–H groups in total. The number of hydrogen-bond donors (Lipinski definition) is 2. The van der Waals surface area contributed by atoms with Gasteiger partial charge in [0.15, 0.2) is 0 Å². The Balaban J connectivity index is 0. The van der Waals surface area contributed by atoms with Crippen molar-refractivity contribution in [3.8, 4) is 5.75 Å². The molecule has 0 bridgehead atoms. The van der Waals surface area contributed by atoms with E-state index in [-0.39, 0.29) is 5.75 Å². The normalized spacial score (nSPS) is 9.45. The molecule has 0 saturated carbocycles. The van der Waals surface area contributed by atoms with Gasteiger partial charge in [0.25, 0.3) is 0 Å². The molecule has 0 atom stereocenters. The Morgan fingerprint density at radius 3 is 2.30 bits per heavy atom. The lowest BCUT2D eigenvalue weighted by Gasteiger charge is -2.03. The summed E-state index contributed by atoms with van der Waals surface area (Å²) in [6.07, 6.45) is 9.94. The van der Waals surface area contributed by atoms with Crippen molar-refractivity contribution in [2.75, 3.05) is 5.73 Å². The van der Waals surface area contributed by atoms with Gasteiger partial charge in [-0.3, -0.25) is 0 Å². The molecule has 0 heterocycles. The Bertz CT molecular complexity index is 345. The molecule has 0 spiro atoms. The number of nitrogen functional groups attached to an aromatic ring is 1. The number of benzene rings is 1. The van der Waals surface area contributed by atoms with Gasteiger partial charge in [0, 0.05) is 0 Å². The summed E-state index contributed by atoms with van der Waals surface area (Å²) in [7, 11) is 0. The van der Waals surface area contributed by atoms with Crippen molar-refractivity contribution >= 4 is 5.69 Å². The molecular weight excluding hydrogens is 246 g/mol. The van der Waals surface area contributed by atoms with Gasteiger partial charge in [-0.05, 0) is 30.9 Å². The van der Waals surface area contributed by atoms with E-state index in [0.717, 1.165) is 18.4 Å². The number of anilines is 1. The second-order valence-corrected chi connectivity index (χ2v) is 4.03. The van der Waals surface area contributed by atoms with Gasteiger partial charge >= 0.3 is 0 Å². The second-order valence-electron chi connectivity index (χ2n) is 4.03. The lowest BCUT2D eigenvalue weighted by Crippen LogP contribution is -1.89. The summed E-state index contributed by atoms with van der Waals surface area (Å²) in [4.78, 5) is 0. The van der Waals surface area contributed by atoms with Crippen LogP contribution in [0.3, 0.4) is 0 Å². The molecule has 2 nitrogen and oxygen atoms in total. The fourth-order valence-electron chi connectivity index (χ4n) is 1.62. The zero-order chi connectivity index (χ0) is 15.8. The maximum atomic E-state index is 9.68. The minimum Gasteiger partial charge on any atom is -0.505 e. The van der Waals surface area contributed by atoms with Crippen molar-refractivity contribution in [2.45, 2.75) is 66.7 Å². The van der Waals surface area contributed by atoms with Gasteiger partial charge in [-0.25, -0.2) is 0 Å². The Kier molecular flexibility index (Phi) is 16.3. The molecule has 116 valence electrons. The molecule has 0 amide bonds. The van der Waals surface area contributed by atoms with Crippen LogP contribution < -0.4 is 5.73 Å². The van der Waals surface area contributed by atoms with Crippen LogP contribution in [0.2, 0.25) is 0 Å². The zero-order valence-electron chi connectivity index (χ0n) is 13.9. The molecule has 0 fully saturated rings. The molecule has 1 rings (SSSR count). The molecule has 1 aromatic carbocycles. The molecule has 0 unspecified atom stereocenters. The lowest BCUT2D eigenvalue weighted by atomic mass is 10.1. The third-order valence-corrected chi connectivity index (χ3v) is 2.63. The molecule has 1 aromatic rings. The van der Waals surface area contributed by atoms with E-state index < -0.39 is 0 Å². The average molecular weight is 279 g/mol. The minimum atomic E-state index is 0.223. The van der Waals surface area contributed by atoms with E-state index in [9.17, 15) is 5.11 Å². The number of hydrogen-bond acceptors (Lipinski definition) is 2. The van der Waals surface area contributed by atoms with Gasteiger partial charge in [0.2, 0.25) is 0 Å². The molecule has 20 heavy (non-hydrogen) atoms. The van der Waals surface area contributed by atoms with E-state index in [4.69, 9.17) is 5.73 Å². The third kappa shape index (κ3) is 9.48. The maximum Gasteiger partial charge on any atom is 0.141 e. The van der Waals surface area contributed by atoms with Crippen LogP contribution in [0.15, 0.2) is 30.4 Å². The first kappa shape index (κ1) is 20.9. The first-order valence-corrected chi connectivity index (χ1v) is 7.97. The lowest BCUT2D eigenvalue weighted by molar-refractivity contribution is 0.472. The monoisotopic (exact) mass is 279 g/mol. The van der Waals surface area contributed by atoms with Crippen molar-refractivity contribution in [1.29, 1.82) is 0 Å². The number of rotatable bonds is 6. The molecule has 0 aliphatic heterocycles. The maximum absolute atomic E-state index is 9.68. The van der Waals surface area contributed by atoms with E-state index in [1.54, 1.807) is 6.07 Å². The van der Waals surface area contributed by atoms with Gasteiger partial charge in [-0.15, -0.1) is 0 Å². The summed E-state index contributed by atoms with van der Waals surface area (Å²) in [5.74, 6) is 0.223. The number of phenols is 1. The van der Waals surface area contributed by atoms with Crippen LogP contribution in [0.4, 0.5) is 5.69 Å². The predicted molar refractivity (Wildman–Crippen MR) is 92.2 cm³/mol. The van der Waals surface area contributed by atoms with Crippen LogP contribution in [-0.2, 0) is 6.42 Å². The predicted octanol–water partition coefficient (Wildman–Crippen LogP) is 5.71. The molecule has 0 radical (unpaired) electrons. The number of allylic oxidation sites excluding steroid dienone is 2.